The Morgan fingerprint density at radius 2 is 1.85 bits per heavy atom. The number of rotatable bonds is 6. The Balaban J connectivity index is 0.00000306. The largest absolute Gasteiger partial charge is 0.487 e. The van der Waals surface area contributed by atoms with Crippen LogP contribution in [0.25, 0.3) is 0 Å². The van der Waals surface area contributed by atoms with Crippen LogP contribution in [0.1, 0.15) is 49.9 Å². The van der Waals surface area contributed by atoms with E-state index in [0.29, 0.717) is 6.54 Å². The molecule has 180 valence electrons. The molecule has 7 heteroatoms. The van der Waals surface area contributed by atoms with Gasteiger partial charge in [-0.25, -0.2) is 4.99 Å². The molecule has 4 rings (SSSR count). The number of guanidine groups is 1. The number of aliphatic imine (C=N–C) groups is 1. The third-order valence-corrected chi connectivity index (χ3v) is 5.95. The van der Waals surface area contributed by atoms with Crippen LogP contribution in [0.2, 0.25) is 0 Å². The fourth-order valence-electron chi connectivity index (χ4n) is 4.43. The summed E-state index contributed by atoms with van der Waals surface area (Å²) < 4.78 is 11.6. The van der Waals surface area contributed by atoms with Crippen molar-refractivity contribution in [3.8, 4) is 5.75 Å². The first-order valence-corrected chi connectivity index (χ1v) is 11.7. The Morgan fingerprint density at radius 1 is 1.09 bits per heavy atom. The Hall–Kier alpha value is -1.84. The zero-order chi connectivity index (χ0) is 22.4. The number of morpholine rings is 1. The summed E-state index contributed by atoms with van der Waals surface area (Å²) in [7, 11) is 0. The van der Waals surface area contributed by atoms with Gasteiger partial charge >= 0.3 is 0 Å². The van der Waals surface area contributed by atoms with Crippen LogP contribution in [0.5, 0.6) is 5.75 Å². The second kappa shape index (κ2) is 12.0. The molecule has 1 saturated heterocycles. The molecular weight excluding hydrogens is 527 g/mol. The van der Waals surface area contributed by atoms with Crippen molar-refractivity contribution in [1.29, 1.82) is 0 Å². The molecule has 1 unspecified atom stereocenters. The van der Waals surface area contributed by atoms with Gasteiger partial charge in [-0.1, -0.05) is 42.5 Å². The van der Waals surface area contributed by atoms with E-state index in [1.54, 1.807) is 0 Å². The van der Waals surface area contributed by atoms with Crippen LogP contribution in [0.3, 0.4) is 0 Å². The molecule has 0 bridgehead atoms. The first-order valence-electron chi connectivity index (χ1n) is 11.7. The molecule has 0 radical (unpaired) electrons. The minimum atomic E-state index is -0.225. The predicted molar refractivity (Wildman–Crippen MR) is 144 cm³/mol. The molecule has 2 aromatic carbocycles. The van der Waals surface area contributed by atoms with Crippen LogP contribution in [0.15, 0.2) is 53.5 Å². The standard InChI is InChI=1S/C26H36N4O2.HI/c1-4-27-25(29-23-17-26(2,3)32-24-11-6-5-10-22(23)24)28-18-20-8-7-9-21(16-20)19-30-12-14-31-15-13-30;/h5-11,16,23H,4,12-15,17-19H2,1-3H3,(H2,27,28,29);1H. The maximum absolute atomic E-state index is 6.18. The second-order valence-electron chi connectivity index (χ2n) is 9.20. The van der Waals surface area contributed by atoms with Crippen LogP contribution < -0.4 is 15.4 Å². The van der Waals surface area contributed by atoms with Crippen LogP contribution in [0.4, 0.5) is 0 Å². The quantitative estimate of drug-likeness (QED) is 0.308. The lowest BCUT2D eigenvalue weighted by atomic mass is 9.90. The minimum absolute atomic E-state index is 0. The van der Waals surface area contributed by atoms with E-state index in [1.807, 2.05) is 6.07 Å². The Morgan fingerprint density at radius 3 is 2.64 bits per heavy atom. The van der Waals surface area contributed by atoms with E-state index in [2.05, 4.69) is 78.8 Å². The van der Waals surface area contributed by atoms with E-state index in [0.717, 1.165) is 57.5 Å². The van der Waals surface area contributed by atoms with Gasteiger partial charge in [0.1, 0.15) is 11.4 Å². The molecule has 33 heavy (non-hydrogen) atoms. The lowest BCUT2D eigenvalue weighted by Gasteiger charge is -2.38. The average molecular weight is 565 g/mol. The Kier molecular flexibility index (Phi) is 9.40. The van der Waals surface area contributed by atoms with Crippen molar-refractivity contribution < 1.29 is 9.47 Å². The number of nitrogens with one attached hydrogen (secondary N) is 2. The Labute approximate surface area is 215 Å². The molecule has 2 aliphatic heterocycles. The highest BCUT2D eigenvalue weighted by atomic mass is 127. The van der Waals surface area contributed by atoms with Crippen molar-refractivity contribution >= 4 is 29.9 Å². The van der Waals surface area contributed by atoms with Gasteiger partial charge in [-0.2, -0.15) is 0 Å². The first kappa shape index (κ1) is 25.8. The number of para-hydroxylation sites is 1. The molecule has 0 aromatic heterocycles. The summed E-state index contributed by atoms with van der Waals surface area (Å²) in [5.74, 6) is 1.79. The van der Waals surface area contributed by atoms with E-state index in [-0.39, 0.29) is 35.6 Å². The van der Waals surface area contributed by atoms with Gasteiger partial charge in [-0.15, -0.1) is 24.0 Å². The van der Waals surface area contributed by atoms with Crippen molar-refractivity contribution in [2.45, 2.75) is 51.9 Å². The van der Waals surface area contributed by atoms with Crippen LogP contribution >= 0.6 is 24.0 Å². The highest BCUT2D eigenvalue weighted by molar-refractivity contribution is 14.0. The fraction of sp³-hybridized carbons (Fsp3) is 0.500. The van der Waals surface area contributed by atoms with Gasteiger partial charge in [0.05, 0.1) is 25.8 Å². The van der Waals surface area contributed by atoms with E-state index in [4.69, 9.17) is 14.5 Å². The van der Waals surface area contributed by atoms with E-state index in [1.165, 1.54) is 16.7 Å². The molecular formula is C26H37IN4O2. The summed E-state index contributed by atoms with van der Waals surface area (Å²) in [6, 6.07) is 17.2. The summed E-state index contributed by atoms with van der Waals surface area (Å²) in [6.07, 6.45) is 0.878. The molecule has 6 nitrogen and oxygen atoms in total. The van der Waals surface area contributed by atoms with Gasteiger partial charge in [0, 0.05) is 38.2 Å². The topological polar surface area (TPSA) is 58.1 Å². The Bertz CT molecular complexity index is 928. The lowest BCUT2D eigenvalue weighted by molar-refractivity contribution is 0.0342. The number of fused-ring (bicyclic) bond motifs is 1. The van der Waals surface area contributed by atoms with Gasteiger partial charge in [-0.3, -0.25) is 4.90 Å². The molecule has 2 heterocycles. The van der Waals surface area contributed by atoms with Gasteiger partial charge in [0.15, 0.2) is 5.96 Å². The molecule has 0 amide bonds. The highest BCUT2D eigenvalue weighted by Gasteiger charge is 2.33. The van der Waals surface area contributed by atoms with Gasteiger partial charge < -0.3 is 20.1 Å². The molecule has 1 fully saturated rings. The van der Waals surface area contributed by atoms with E-state index in [9.17, 15) is 0 Å². The van der Waals surface area contributed by atoms with Crippen molar-refractivity contribution in [2.75, 3.05) is 32.8 Å². The van der Waals surface area contributed by atoms with E-state index >= 15 is 0 Å². The average Bonchev–Trinajstić information content (AvgIpc) is 2.78. The predicted octanol–water partition coefficient (Wildman–Crippen LogP) is 4.49. The first-order chi connectivity index (χ1) is 15.5. The van der Waals surface area contributed by atoms with Gasteiger partial charge in [0.25, 0.3) is 0 Å². The zero-order valence-electron chi connectivity index (χ0n) is 20.0. The number of hydrogen-bond acceptors (Lipinski definition) is 4. The SMILES string of the molecule is CCNC(=NCc1cccc(CN2CCOCC2)c1)NC1CC(C)(C)Oc2ccccc21.I. The maximum Gasteiger partial charge on any atom is 0.192 e. The normalized spacial score (nSPS) is 20.2. The molecule has 2 aliphatic rings. The molecule has 2 aromatic rings. The van der Waals surface area contributed by atoms with Gasteiger partial charge in [0.2, 0.25) is 0 Å². The molecule has 1 atom stereocenters. The van der Waals surface area contributed by atoms with Crippen LogP contribution in [-0.4, -0.2) is 49.3 Å². The molecule has 0 spiro atoms. The summed E-state index contributed by atoms with van der Waals surface area (Å²) in [6.45, 7) is 12.5. The monoisotopic (exact) mass is 564 g/mol. The van der Waals surface area contributed by atoms with E-state index < -0.39 is 0 Å². The maximum atomic E-state index is 6.18. The molecule has 0 saturated carbocycles. The van der Waals surface area contributed by atoms with Crippen molar-refractivity contribution in [3.63, 3.8) is 0 Å². The van der Waals surface area contributed by atoms with Crippen LogP contribution in [-0.2, 0) is 17.8 Å². The van der Waals surface area contributed by atoms with Crippen molar-refractivity contribution in [3.05, 3.63) is 65.2 Å². The van der Waals surface area contributed by atoms with Crippen LogP contribution in [0, 0.1) is 0 Å². The lowest BCUT2D eigenvalue weighted by Crippen LogP contribution is -2.45. The number of benzene rings is 2. The number of ether oxygens (including phenoxy) is 2. The fourth-order valence-corrected chi connectivity index (χ4v) is 4.43. The third-order valence-electron chi connectivity index (χ3n) is 5.95. The summed E-state index contributed by atoms with van der Waals surface area (Å²) in [5.41, 5.74) is 3.51. The number of nitrogens with zero attached hydrogens (tertiary/aromatic N) is 2. The molecule has 2 N–H and O–H groups in total. The highest BCUT2D eigenvalue weighted by Crippen LogP contribution is 2.39. The number of halogens is 1. The minimum Gasteiger partial charge on any atom is -0.487 e. The van der Waals surface area contributed by atoms with Crippen molar-refractivity contribution in [1.82, 2.24) is 15.5 Å². The summed E-state index contributed by atoms with van der Waals surface area (Å²) >= 11 is 0. The van der Waals surface area contributed by atoms with Crippen molar-refractivity contribution in [2.24, 2.45) is 4.99 Å². The van der Waals surface area contributed by atoms with Gasteiger partial charge in [-0.05, 0) is 38.0 Å². The molecule has 0 aliphatic carbocycles. The summed E-state index contributed by atoms with van der Waals surface area (Å²) in [5, 5.41) is 7.07. The number of hydrogen-bond donors (Lipinski definition) is 2. The summed E-state index contributed by atoms with van der Waals surface area (Å²) in [4.78, 5) is 7.35. The third kappa shape index (κ3) is 7.32. The zero-order valence-corrected chi connectivity index (χ0v) is 22.3. The smallest absolute Gasteiger partial charge is 0.192 e. The second-order valence-corrected chi connectivity index (χ2v) is 9.20.